The highest BCUT2D eigenvalue weighted by atomic mass is 32.2. The highest BCUT2D eigenvalue weighted by Gasteiger charge is 2.32. The molecule has 2 rings (SSSR count). The fourth-order valence-corrected chi connectivity index (χ4v) is 4.38. The van der Waals surface area contributed by atoms with Crippen molar-refractivity contribution < 1.29 is 35.6 Å². The number of anilines is 1. The van der Waals surface area contributed by atoms with Crippen molar-refractivity contribution in [2.45, 2.75) is 38.5 Å². The van der Waals surface area contributed by atoms with E-state index >= 15 is 0 Å². The van der Waals surface area contributed by atoms with E-state index < -0.39 is 45.4 Å². The van der Waals surface area contributed by atoms with Gasteiger partial charge in [-0.3, -0.25) is 13.9 Å². The largest absolute Gasteiger partial charge is 0.416 e. The minimum Gasteiger partial charge on any atom is -0.357 e. The standard InChI is InChI=1S/C23H27F4N3O4S/c1-16(22(32)28-2)29(15-17-9-11-19(24)12-10-17)21(31)8-5-13-30(35(3,33)34)20-7-4-6-18(14-20)23(25,26)27/h4,6-7,9-12,14,16H,5,8,13,15H2,1-3H3,(H,28,32)/t16-/m1/s1. The highest BCUT2D eigenvalue weighted by Crippen LogP contribution is 2.32. The molecule has 0 spiro atoms. The summed E-state index contributed by atoms with van der Waals surface area (Å²) < 4.78 is 77.8. The lowest BCUT2D eigenvalue weighted by Gasteiger charge is -2.29. The van der Waals surface area contributed by atoms with Crippen molar-refractivity contribution in [2.24, 2.45) is 0 Å². The number of benzene rings is 2. The number of halogens is 4. The Balaban J connectivity index is 2.18. The Hall–Kier alpha value is -3.15. The Morgan fingerprint density at radius 3 is 2.26 bits per heavy atom. The predicted molar refractivity (Wildman–Crippen MR) is 123 cm³/mol. The molecule has 0 saturated heterocycles. The number of rotatable bonds is 10. The second kappa shape index (κ2) is 11.5. The molecular formula is C23H27F4N3O4S. The summed E-state index contributed by atoms with van der Waals surface area (Å²) in [5.41, 5.74) is -0.585. The number of carbonyl (C=O) groups excluding carboxylic acids is 2. The number of amides is 2. The van der Waals surface area contributed by atoms with Gasteiger partial charge in [-0.05, 0) is 49.2 Å². The summed E-state index contributed by atoms with van der Waals surface area (Å²) >= 11 is 0. The third kappa shape index (κ3) is 7.94. The summed E-state index contributed by atoms with van der Waals surface area (Å²) in [6.45, 7) is 1.29. The zero-order valence-electron chi connectivity index (χ0n) is 19.5. The number of sulfonamides is 1. The molecule has 0 aliphatic carbocycles. The maximum Gasteiger partial charge on any atom is 0.416 e. The van der Waals surface area contributed by atoms with Crippen LogP contribution in [0.5, 0.6) is 0 Å². The van der Waals surface area contributed by atoms with Gasteiger partial charge >= 0.3 is 6.18 Å². The molecule has 0 fully saturated rings. The predicted octanol–water partition coefficient (Wildman–Crippen LogP) is 3.55. The van der Waals surface area contributed by atoms with Crippen molar-refractivity contribution in [3.63, 3.8) is 0 Å². The van der Waals surface area contributed by atoms with Crippen LogP contribution in [0, 0.1) is 5.82 Å². The molecule has 7 nitrogen and oxygen atoms in total. The minimum atomic E-state index is -4.65. The van der Waals surface area contributed by atoms with Crippen LogP contribution in [0.2, 0.25) is 0 Å². The molecule has 12 heteroatoms. The maximum absolute atomic E-state index is 13.2. The second-order valence-electron chi connectivity index (χ2n) is 7.93. The van der Waals surface area contributed by atoms with Crippen LogP contribution in [0.3, 0.4) is 0 Å². The molecule has 0 unspecified atom stereocenters. The zero-order valence-corrected chi connectivity index (χ0v) is 20.3. The number of hydrogen-bond donors (Lipinski definition) is 1. The molecule has 0 bridgehead atoms. The van der Waals surface area contributed by atoms with Crippen LogP contribution in [-0.4, -0.2) is 51.0 Å². The Morgan fingerprint density at radius 1 is 1.09 bits per heavy atom. The van der Waals surface area contributed by atoms with E-state index in [0.717, 1.165) is 28.8 Å². The van der Waals surface area contributed by atoms with Crippen molar-refractivity contribution >= 4 is 27.5 Å². The highest BCUT2D eigenvalue weighted by molar-refractivity contribution is 7.92. The molecule has 0 heterocycles. The molecule has 0 aliphatic rings. The summed E-state index contributed by atoms with van der Waals surface area (Å²) in [6.07, 6.45) is -3.97. The summed E-state index contributed by atoms with van der Waals surface area (Å²) in [5, 5.41) is 2.46. The smallest absolute Gasteiger partial charge is 0.357 e. The van der Waals surface area contributed by atoms with Crippen LogP contribution in [0.25, 0.3) is 0 Å². The van der Waals surface area contributed by atoms with Gasteiger partial charge in [-0.1, -0.05) is 18.2 Å². The first-order valence-electron chi connectivity index (χ1n) is 10.6. The first kappa shape index (κ1) is 28.1. The van der Waals surface area contributed by atoms with E-state index in [4.69, 9.17) is 0 Å². The molecule has 0 radical (unpaired) electrons. The number of nitrogens with one attached hydrogen (secondary N) is 1. The maximum atomic E-state index is 13.2. The van der Waals surface area contributed by atoms with Crippen LogP contribution in [-0.2, 0) is 32.3 Å². The summed E-state index contributed by atoms with van der Waals surface area (Å²) in [4.78, 5) is 26.4. The van der Waals surface area contributed by atoms with Gasteiger partial charge in [0.05, 0.1) is 17.5 Å². The van der Waals surface area contributed by atoms with Crippen molar-refractivity contribution in [2.75, 3.05) is 24.2 Å². The first-order chi connectivity index (χ1) is 16.2. The van der Waals surface area contributed by atoms with Crippen LogP contribution >= 0.6 is 0 Å². The van der Waals surface area contributed by atoms with E-state index in [0.29, 0.717) is 5.56 Å². The second-order valence-corrected chi connectivity index (χ2v) is 9.83. The van der Waals surface area contributed by atoms with Gasteiger partial charge in [0.2, 0.25) is 21.8 Å². The zero-order chi connectivity index (χ0) is 26.4. The van der Waals surface area contributed by atoms with Crippen molar-refractivity contribution in [1.82, 2.24) is 10.2 Å². The summed E-state index contributed by atoms with van der Waals surface area (Å²) in [5.74, 6) is -1.36. The van der Waals surface area contributed by atoms with Crippen molar-refractivity contribution in [1.29, 1.82) is 0 Å². The third-order valence-electron chi connectivity index (χ3n) is 5.29. The van der Waals surface area contributed by atoms with Crippen LogP contribution in [0.15, 0.2) is 48.5 Å². The summed E-state index contributed by atoms with van der Waals surface area (Å²) in [6, 6.07) is 8.45. The number of nitrogens with zero attached hydrogens (tertiary/aromatic N) is 2. The molecule has 0 saturated carbocycles. The van der Waals surface area contributed by atoms with Gasteiger partial charge in [-0.15, -0.1) is 0 Å². The molecule has 0 aliphatic heterocycles. The Labute approximate surface area is 201 Å². The molecule has 35 heavy (non-hydrogen) atoms. The first-order valence-corrected chi connectivity index (χ1v) is 12.5. The van der Waals surface area contributed by atoms with E-state index in [1.807, 2.05) is 0 Å². The van der Waals surface area contributed by atoms with E-state index in [1.165, 1.54) is 49.2 Å². The van der Waals surface area contributed by atoms with Gasteiger partial charge in [0.1, 0.15) is 11.9 Å². The van der Waals surface area contributed by atoms with Gasteiger partial charge in [0.25, 0.3) is 0 Å². The molecule has 2 amide bonds. The number of alkyl halides is 3. The SMILES string of the molecule is CNC(=O)[C@@H](C)N(Cc1ccc(F)cc1)C(=O)CCCN(c1cccc(C(F)(F)F)c1)S(C)(=O)=O. The molecule has 2 aromatic carbocycles. The topological polar surface area (TPSA) is 86.8 Å². The van der Waals surface area contributed by atoms with Crippen LogP contribution < -0.4 is 9.62 Å². The summed E-state index contributed by atoms with van der Waals surface area (Å²) in [7, 11) is -2.53. The van der Waals surface area contributed by atoms with Crippen LogP contribution in [0.4, 0.5) is 23.2 Å². The number of hydrogen-bond acceptors (Lipinski definition) is 4. The molecule has 0 aromatic heterocycles. The lowest BCUT2D eigenvalue weighted by Crippen LogP contribution is -2.46. The fraction of sp³-hybridized carbons (Fsp3) is 0.391. The van der Waals surface area contributed by atoms with Gasteiger partial charge in [-0.2, -0.15) is 13.2 Å². The minimum absolute atomic E-state index is 0.0110. The quantitative estimate of drug-likeness (QED) is 0.489. The number of likely N-dealkylation sites (N-methyl/N-ethyl adjacent to an activating group) is 1. The van der Waals surface area contributed by atoms with E-state index in [2.05, 4.69) is 5.32 Å². The Bertz CT molecular complexity index is 1140. The normalized spacial score (nSPS) is 12.7. The molecule has 1 atom stereocenters. The Kier molecular flexibility index (Phi) is 9.24. The number of carbonyl (C=O) groups is 2. The van der Waals surface area contributed by atoms with Gasteiger partial charge in [-0.25, -0.2) is 12.8 Å². The molecule has 1 N–H and O–H groups in total. The lowest BCUT2D eigenvalue weighted by molar-refractivity contribution is -0.140. The lowest BCUT2D eigenvalue weighted by atomic mass is 10.1. The van der Waals surface area contributed by atoms with Crippen molar-refractivity contribution in [3.8, 4) is 0 Å². The van der Waals surface area contributed by atoms with E-state index in [1.54, 1.807) is 0 Å². The van der Waals surface area contributed by atoms with Crippen molar-refractivity contribution in [3.05, 3.63) is 65.5 Å². The average molecular weight is 518 g/mol. The van der Waals surface area contributed by atoms with Gasteiger partial charge in [0.15, 0.2) is 0 Å². The fourth-order valence-electron chi connectivity index (χ4n) is 3.42. The third-order valence-corrected chi connectivity index (χ3v) is 6.49. The average Bonchev–Trinajstić information content (AvgIpc) is 2.79. The van der Waals surface area contributed by atoms with E-state index in [-0.39, 0.29) is 31.6 Å². The van der Waals surface area contributed by atoms with Gasteiger partial charge in [0, 0.05) is 26.6 Å². The molecule has 2 aromatic rings. The van der Waals surface area contributed by atoms with Gasteiger partial charge < -0.3 is 10.2 Å². The van der Waals surface area contributed by atoms with Crippen LogP contribution in [0.1, 0.15) is 30.9 Å². The molecular weight excluding hydrogens is 490 g/mol. The molecule has 192 valence electrons. The van der Waals surface area contributed by atoms with E-state index in [9.17, 15) is 35.6 Å². The monoisotopic (exact) mass is 517 g/mol. The Morgan fingerprint density at radius 2 is 1.71 bits per heavy atom.